The number of carbonyl (C=O) groups is 2. The second-order valence-electron chi connectivity index (χ2n) is 6.99. The Bertz CT molecular complexity index is 536. The normalized spacial score (nSPS) is 16.9. The molecule has 0 aliphatic heterocycles. The lowest BCUT2D eigenvalue weighted by Crippen LogP contribution is -2.41. The Morgan fingerprint density at radius 2 is 1.76 bits per heavy atom. The van der Waals surface area contributed by atoms with Crippen LogP contribution in [0.3, 0.4) is 0 Å². The number of nitrogens with one attached hydrogen (secondary N) is 1. The first-order chi connectivity index (χ1) is 9.73. The van der Waals surface area contributed by atoms with Gasteiger partial charge in [0.15, 0.2) is 0 Å². The lowest BCUT2D eigenvalue weighted by molar-refractivity contribution is -0.157. The third-order valence-electron chi connectivity index (χ3n) is 4.30. The lowest BCUT2D eigenvalue weighted by atomic mass is 9.66. The minimum Gasteiger partial charge on any atom is -0.481 e. The van der Waals surface area contributed by atoms with E-state index in [0.29, 0.717) is 18.5 Å². The molecule has 0 unspecified atom stereocenters. The molecule has 0 spiro atoms. The molecule has 1 aromatic carbocycles. The van der Waals surface area contributed by atoms with Gasteiger partial charge in [0.05, 0.1) is 5.41 Å². The highest BCUT2D eigenvalue weighted by Gasteiger charge is 2.45. The van der Waals surface area contributed by atoms with Crippen LogP contribution >= 0.6 is 0 Å². The summed E-state index contributed by atoms with van der Waals surface area (Å²) >= 11 is 0. The fraction of sp³-hybridized carbons (Fsp3) is 0.529. The minimum absolute atomic E-state index is 0.0589. The smallest absolute Gasteiger partial charge is 0.310 e. The summed E-state index contributed by atoms with van der Waals surface area (Å²) in [6.07, 6.45) is 2.14. The second-order valence-corrected chi connectivity index (χ2v) is 6.99. The van der Waals surface area contributed by atoms with Gasteiger partial charge in [0.2, 0.25) is 5.91 Å². The molecule has 0 atom stereocenters. The van der Waals surface area contributed by atoms with Gasteiger partial charge < -0.3 is 10.4 Å². The average Bonchev–Trinajstić information content (AvgIpc) is 2.33. The van der Waals surface area contributed by atoms with Crippen LogP contribution in [0.25, 0.3) is 0 Å². The summed E-state index contributed by atoms with van der Waals surface area (Å²) in [5, 5.41) is 12.0. The van der Waals surface area contributed by atoms with E-state index < -0.39 is 11.4 Å². The Labute approximate surface area is 125 Å². The highest BCUT2D eigenvalue weighted by atomic mass is 16.4. The van der Waals surface area contributed by atoms with Crippen molar-refractivity contribution in [3.8, 4) is 0 Å². The van der Waals surface area contributed by atoms with Crippen LogP contribution < -0.4 is 5.32 Å². The maximum absolute atomic E-state index is 12.0. The van der Waals surface area contributed by atoms with Gasteiger partial charge >= 0.3 is 5.97 Å². The van der Waals surface area contributed by atoms with Crippen molar-refractivity contribution in [3.05, 3.63) is 29.8 Å². The number of amides is 1. The molecule has 1 aromatic rings. The number of anilines is 1. The molecule has 1 saturated carbocycles. The van der Waals surface area contributed by atoms with Crippen LogP contribution in [0.4, 0.5) is 5.69 Å². The van der Waals surface area contributed by atoms with E-state index in [1.807, 2.05) is 24.3 Å². The van der Waals surface area contributed by atoms with Crippen LogP contribution in [-0.2, 0) is 15.0 Å². The fourth-order valence-electron chi connectivity index (χ4n) is 2.64. The number of carboxylic acid groups (broad SMARTS) is 1. The Morgan fingerprint density at radius 3 is 2.14 bits per heavy atom. The van der Waals surface area contributed by atoms with Crippen LogP contribution in [0.2, 0.25) is 0 Å². The second kappa shape index (κ2) is 5.51. The van der Waals surface area contributed by atoms with Crippen molar-refractivity contribution < 1.29 is 14.7 Å². The summed E-state index contributed by atoms with van der Waals surface area (Å²) in [6.45, 7) is 6.40. The van der Waals surface area contributed by atoms with Gasteiger partial charge in [0.1, 0.15) is 0 Å². The molecular weight excluding hydrogens is 266 g/mol. The van der Waals surface area contributed by atoms with Crippen molar-refractivity contribution in [2.24, 2.45) is 5.41 Å². The maximum atomic E-state index is 12.0. The zero-order chi connectivity index (χ0) is 15.7. The van der Waals surface area contributed by atoms with Crippen molar-refractivity contribution in [1.29, 1.82) is 0 Å². The Hall–Kier alpha value is -1.84. The third kappa shape index (κ3) is 3.43. The van der Waals surface area contributed by atoms with E-state index in [1.54, 1.807) is 0 Å². The first-order valence-electron chi connectivity index (χ1n) is 7.37. The summed E-state index contributed by atoms with van der Waals surface area (Å²) in [4.78, 5) is 23.3. The molecule has 1 fully saturated rings. The molecule has 0 saturated heterocycles. The average molecular weight is 289 g/mol. The molecular formula is C17H23NO3. The SMILES string of the molecule is CC(C)(C)c1ccc(NC(=O)CC2(C(=O)O)CCC2)cc1. The van der Waals surface area contributed by atoms with E-state index in [2.05, 4.69) is 26.1 Å². The number of rotatable bonds is 4. The van der Waals surface area contributed by atoms with Gasteiger partial charge in [0.25, 0.3) is 0 Å². The van der Waals surface area contributed by atoms with Crippen LogP contribution in [-0.4, -0.2) is 17.0 Å². The van der Waals surface area contributed by atoms with Crippen molar-refractivity contribution in [2.75, 3.05) is 5.32 Å². The molecule has 2 rings (SSSR count). The monoisotopic (exact) mass is 289 g/mol. The zero-order valence-corrected chi connectivity index (χ0v) is 12.9. The summed E-state index contributed by atoms with van der Waals surface area (Å²) in [7, 11) is 0. The number of hydrogen-bond donors (Lipinski definition) is 2. The van der Waals surface area contributed by atoms with E-state index in [4.69, 9.17) is 0 Å². The van der Waals surface area contributed by atoms with Crippen LogP contribution in [0.5, 0.6) is 0 Å². The first kappa shape index (κ1) is 15.5. The Balaban J connectivity index is 1.98. The van der Waals surface area contributed by atoms with Gasteiger partial charge in [-0.2, -0.15) is 0 Å². The Kier molecular flexibility index (Phi) is 4.08. The third-order valence-corrected chi connectivity index (χ3v) is 4.30. The van der Waals surface area contributed by atoms with Crippen LogP contribution in [0.15, 0.2) is 24.3 Å². The molecule has 4 nitrogen and oxygen atoms in total. The molecule has 1 aliphatic rings. The van der Waals surface area contributed by atoms with Gasteiger partial charge in [-0.15, -0.1) is 0 Å². The van der Waals surface area contributed by atoms with Crippen molar-refractivity contribution in [2.45, 2.75) is 51.9 Å². The number of aliphatic carboxylic acids is 1. The van der Waals surface area contributed by atoms with E-state index in [-0.39, 0.29) is 17.7 Å². The highest BCUT2D eigenvalue weighted by molar-refractivity contribution is 5.94. The molecule has 114 valence electrons. The fourth-order valence-corrected chi connectivity index (χ4v) is 2.64. The molecule has 0 radical (unpaired) electrons. The standard InChI is InChI=1S/C17H23NO3/c1-16(2,3)12-5-7-13(8-6-12)18-14(19)11-17(15(20)21)9-4-10-17/h5-8H,4,9-11H2,1-3H3,(H,18,19)(H,20,21). The quantitative estimate of drug-likeness (QED) is 0.890. The summed E-state index contributed by atoms with van der Waals surface area (Å²) in [5.41, 5.74) is 1.14. The molecule has 1 amide bonds. The predicted molar refractivity (Wildman–Crippen MR) is 82.3 cm³/mol. The van der Waals surface area contributed by atoms with Gasteiger partial charge in [-0.1, -0.05) is 39.3 Å². The number of carboxylic acids is 1. The summed E-state index contributed by atoms with van der Waals surface area (Å²) < 4.78 is 0. The summed E-state index contributed by atoms with van der Waals surface area (Å²) in [6, 6.07) is 7.72. The zero-order valence-electron chi connectivity index (χ0n) is 12.9. The number of benzene rings is 1. The van der Waals surface area contributed by atoms with E-state index in [9.17, 15) is 14.7 Å². The van der Waals surface area contributed by atoms with Crippen LogP contribution in [0.1, 0.15) is 52.0 Å². The van der Waals surface area contributed by atoms with Gasteiger partial charge in [0, 0.05) is 12.1 Å². The van der Waals surface area contributed by atoms with Crippen molar-refractivity contribution in [3.63, 3.8) is 0 Å². The van der Waals surface area contributed by atoms with E-state index in [0.717, 1.165) is 6.42 Å². The lowest BCUT2D eigenvalue weighted by Gasteiger charge is -2.36. The molecule has 0 bridgehead atoms. The summed E-state index contributed by atoms with van der Waals surface area (Å²) in [5.74, 6) is -1.08. The van der Waals surface area contributed by atoms with Crippen molar-refractivity contribution in [1.82, 2.24) is 0 Å². The highest BCUT2D eigenvalue weighted by Crippen LogP contribution is 2.44. The molecule has 2 N–H and O–H groups in total. The van der Waals surface area contributed by atoms with Gasteiger partial charge in [-0.3, -0.25) is 9.59 Å². The van der Waals surface area contributed by atoms with E-state index in [1.165, 1.54) is 5.56 Å². The molecule has 0 heterocycles. The maximum Gasteiger partial charge on any atom is 0.310 e. The molecule has 0 aromatic heterocycles. The first-order valence-corrected chi connectivity index (χ1v) is 7.37. The van der Waals surface area contributed by atoms with Crippen LogP contribution in [0, 0.1) is 5.41 Å². The predicted octanol–water partition coefficient (Wildman–Crippen LogP) is 3.57. The van der Waals surface area contributed by atoms with Crippen molar-refractivity contribution >= 4 is 17.6 Å². The Morgan fingerprint density at radius 1 is 1.19 bits per heavy atom. The van der Waals surface area contributed by atoms with E-state index >= 15 is 0 Å². The topological polar surface area (TPSA) is 66.4 Å². The molecule has 1 aliphatic carbocycles. The number of hydrogen-bond acceptors (Lipinski definition) is 2. The van der Waals surface area contributed by atoms with Gasteiger partial charge in [-0.05, 0) is 36.0 Å². The number of carbonyl (C=O) groups excluding carboxylic acids is 1. The largest absolute Gasteiger partial charge is 0.481 e. The molecule has 21 heavy (non-hydrogen) atoms. The minimum atomic E-state index is -0.855. The molecule has 4 heteroatoms. The van der Waals surface area contributed by atoms with Gasteiger partial charge in [-0.25, -0.2) is 0 Å².